The lowest BCUT2D eigenvalue weighted by atomic mass is 10.2. The smallest absolute Gasteiger partial charge is 0.194 e. The number of benzene rings is 1. The van der Waals surface area contributed by atoms with Gasteiger partial charge in [0.2, 0.25) is 0 Å². The zero-order valence-electron chi connectivity index (χ0n) is 15.3. The van der Waals surface area contributed by atoms with Crippen molar-refractivity contribution in [3.63, 3.8) is 0 Å². The summed E-state index contributed by atoms with van der Waals surface area (Å²) in [5, 5.41) is 7.43. The quantitative estimate of drug-likeness (QED) is 0.401. The molecule has 0 spiro atoms. The van der Waals surface area contributed by atoms with Crippen molar-refractivity contribution in [3.8, 4) is 0 Å². The molecule has 1 aromatic heterocycles. The van der Waals surface area contributed by atoms with Crippen molar-refractivity contribution in [1.82, 2.24) is 20.3 Å². The van der Waals surface area contributed by atoms with Crippen molar-refractivity contribution in [2.24, 2.45) is 4.99 Å². The van der Waals surface area contributed by atoms with E-state index in [-0.39, 0.29) is 24.0 Å². The third-order valence-electron chi connectivity index (χ3n) is 4.39. The summed E-state index contributed by atoms with van der Waals surface area (Å²) < 4.78 is 4.91. The standard InChI is InChI=1S/C19H27N5O.HI/c1-2-20-19(21-10-8-17-6-4-3-5-7-17)24-13-11-23(12-14-24)16-18-9-15-25-22-18;/h3-7,9,15H,2,8,10-14,16H2,1H3,(H,20,21);1H. The molecule has 0 aliphatic carbocycles. The number of nitrogens with one attached hydrogen (secondary N) is 1. The first kappa shape index (κ1) is 20.7. The van der Waals surface area contributed by atoms with Crippen LogP contribution in [0.1, 0.15) is 18.2 Å². The Morgan fingerprint density at radius 3 is 2.58 bits per heavy atom. The molecule has 1 aliphatic rings. The van der Waals surface area contributed by atoms with E-state index in [0.717, 1.165) is 63.9 Å². The van der Waals surface area contributed by atoms with Crippen molar-refractivity contribution in [2.75, 3.05) is 39.3 Å². The molecule has 0 unspecified atom stereocenters. The fraction of sp³-hybridized carbons (Fsp3) is 0.474. The largest absolute Gasteiger partial charge is 0.364 e. The molecule has 0 amide bonds. The zero-order valence-corrected chi connectivity index (χ0v) is 17.6. The van der Waals surface area contributed by atoms with Gasteiger partial charge < -0.3 is 14.7 Å². The number of hydrogen-bond donors (Lipinski definition) is 1. The van der Waals surface area contributed by atoms with Gasteiger partial charge in [-0.15, -0.1) is 24.0 Å². The fourth-order valence-corrected chi connectivity index (χ4v) is 3.03. The molecule has 0 saturated carbocycles. The summed E-state index contributed by atoms with van der Waals surface area (Å²) in [6.45, 7) is 8.66. The Morgan fingerprint density at radius 1 is 1.15 bits per heavy atom. The molecule has 1 fully saturated rings. The minimum absolute atomic E-state index is 0. The highest BCUT2D eigenvalue weighted by Crippen LogP contribution is 2.07. The highest BCUT2D eigenvalue weighted by molar-refractivity contribution is 14.0. The first-order chi connectivity index (χ1) is 12.3. The van der Waals surface area contributed by atoms with Gasteiger partial charge in [-0.25, -0.2) is 0 Å². The van der Waals surface area contributed by atoms with Crippen LogP contribution in [0.4, 0.5) is 0 Å². The SMILES string of the molecule is CCNC(=NCCc1ccccc1)N1CCN(Cc2ccon2)CC1.I. The predicted molar refractivity (Wildman–Crippen MR) is 115 cm³/mol. The molecule has 7 heteroatoms. The van der Waals surface area contributed by atoms with Gasteiger partial charge in [-0.2, -0.15) is 0 Å². The third kappa shape index (κ3) is 6.28. The maximum atomic E-state index is 4.91. The Balaban J connectivity index is 0.00000243. The van der Waals surface area contributed by atoms with E-state index in [2.05, 4.69) is 57.5 Å². The van der Waals surface area contributed by atoms with Gasteiger partial charge in [0, 0.05) is 51.9 Å². The monoisotopic (exact) mass is 469 g/mol. The van der Waals surface area contributed by atoms with Crippen molar-refractivity contribution in [2.45, 2.75) is 19.9 Å². The summed E-state index contributed by atoms with van der Waals surface area (Å²) in [5.41, 5.74) is 2.33. The number of aromatic nitrogens is 1. The molecule has 26 heavy (non-hydrogen) atoms. The molecular weight excluding hydrogens is 441 g/mol. The Hall–Kier alpha value is -1.61. The summed E-state index contributed by atoms with van der Waals surface area (Å²) in [5.74, 6) is 1.03. The van der Waals surface area contributed by atoms with Crippen LogP contribution in [0, 0.1) is 0 Å². The molecule has 1 N–H and O–H groups in total. The maximum absolute atomic E-state index is 4.91. The van der Waals surface area contributed by atoms with E-state index in [0.29, 0.717) is 0 Å². The van der Waals surface area contributed by atoms with E-state index in [1.165, 1.54) is 5.56 Å². The zero-order chi connectivity index (χ0) is 17.3. The summed E-state index contributed by atoms with van der Waals surface area (Å²) in [7, 11) is 0. The van der Waals surface area contributed by atoms with Gasteiger partial charge in [-0.1, -0.05) is 35.5 Å². The minimum Gasteiger partial charge on any atom is -0.364 e. The lowest BCUT2D eigenvalue weighted by molar-refractivity contribution is 0.169. The van der Waals surface area contributed by atoms with Crippen molar-refractivity contribution < 1.29 is 4.52 Å². The first-order valence-corrected chi connectivity index (χ1v) is 9.04. The van der Waals surface area contributed by atoms with Crippen LogP contribution in [0.2, 0.25) is 0 Å². The average molecular weight is 469 g/mol. The van der Waals surface area contributed by atoms with Crippen molar-refractivity contribution >= 4 is 29.9 Å². The normalized spacial score (nSPS) is 15.6. The Morgan fingerprint density at radius 2 is 1.92 bits per heavy atom. The summed E-state index contributed by atoms with van der Waals surface area (Å²) >= 11 is 0. The molecule has 0 bridgehead atoms. The van der Waals surface area contributed by atoms with Gasteiger partial charge in [-0.3, -0.25) is 9.89 Å². The molecule has 0 atom stereocenters. The summed E-state index contributed by atoms with van der Waals surface area (Å²) in [6.07, 6.45) is 2.61. The topological polar surface area (TPSA) is 56.9 Å². The fourth-order valence-electron chi connectivity index (χ4n) is 3.03. The van der Waals surface area contributed by atoms with Gasteiger partial charge >= 0.3 is 0 Å². The van der Waals surface area contributed by atoms with Crippen LogP contribution >= 0.6 is 24.0 Å². The molecule has 1 aromatic carbocycles. The Bertz CT molecular complexity index is 639. The highest BCUT2D eigenvalue weighted by atomic mass is 127. The number of piperazine rings is 1. The van der Waals surface area contributed by atoms with E-state index in [1.54, 1.807) is 6.26 Å². The number of rotatable bonds is 6. The molecule has 1 saturated heterocycles. The van der Waals surface area contributed by atoms with E-state index < -0.39 is 0 Å². The maximum Gasteiger partial charge on any atom is 0.194 e. The highest BCUT2D eigenvalue weighted by Gasteiger charge is 2.20. The second-order valence-electron chi connectivity index (χ2n) is 6.23. The van der Waals surface area contributed by atoms with E-state index in [1.807, 2.05) is 6.07 Å². The minimum atomic E-state index is 0. The average Bonchev–Trinajstić information content (AvgIpc) is 3.16. The van der Waals surface area contributed by atoms with Gasteiger partial charge in [-0.05, 0) is 18.9 Å². The van der Waals surface area contributed by atoms with Crippen LogP contribution in [0.3, 0.4) is 0 Å². The number of aliphatic imine (C=N–C) groups is 1. The summed E-state index contributed by atoms with van der Waals surface area (Å²) in [4.78, 5) is 9.58. The molecule has 2 aromatic rings. The van der Waals surface area contributed by atoms with Crippen LogP contribution in [0.25, 0.3) is 0 Å². The molecule has 0 radical (unpaired) electrons. The van der Waals surface area contributed by atoms with Crippen molar-refractivity contribution in [3.05, 3.63) is 53.9 Å². The van der Waals surface area contributed by atoms with Gasteiger partial charge in [0.25, 0.3) is 0 Å². The summed E-state index contributed by atoms with van der Waals surface area (Å²) in [6, 6.07) is 12.5. The third-order valence-corrected chi connectivity index (χ3v) is 4.39. The lowest BCUT2D eigenvalue weighted by Gasteiger charge is -2.36. The van der Waals surface area contributed by atoms with Crippen LogP contribution < -0.4 is 5.32 Å². The Labute approximate surface area is 172 Å². The second-order valence-corrected chi connectivity index (χ2v) is 6.23. The van der Waals surface area contributed by atoms with E-state index >= 15 is 0 Å². The molecule has 1 aliphatic heterocycles. The lowest BCUT2D eigenvalue weighted by Crippen LogP contribution is -2.52. The first-order valence-electron chi connectivity index (χ1n) is 9.04. The van der Waals surface area contributed by atoms with E-state index in [9.17, 15) is 0 Å². The van der Waals surface area contributed by atoms with Crippen LogP contribution in [-0.2, 0) is 13.0 Å². The van der Waals surface area contributed by atoms with Crippen LogP contribution in [-0.4, -0.2) is 60.2 Å². The van der Waals surface area contributed by atoms with Crippen LogP contribution in [0.5, 0.6) is 0 Å². The van der Waals surface area contributed by atoms with Crippen LogP contribution in [0.15, 0.2) is 52.2 Å². The second kappa shape index (κ2) is 11.2. The van der Waals surface area contributed by atoms with Gasteiger partial charge in [0.15, 0.2) is 5.96 Å². The van der Waals surface area contributed by atoms with E-state index in [4.69, 9.17) is 9.52 Å². The Kier molecular flexibility index (Phi) is 8.90. The van der Waals surface area contributed by atoms with Gasteiger partial charge in [0.1, 0.15) is 6.26 Å². The van der Waals surface area contributed by atoms with Crippen molar-refractivity contribution in [1.29, 1.82) is 0 Å². The number of guanidine groups is 1. The molecular formula is C19H28IN5O. The van der Waals surface area contributed by atoms with Gasteiger partial charge in [0.05, 0.1) is 5.69 Å². The molecule has 6 nitrogen and oxygen atoms in total. The molecule has 3 rings (SSSR count). The number of nitrogens with zero attached hydrogens (tertiary/aromatic N) is 4. The molecule has 2 heterocycles. The predicted octanol–water partition coefficient (Wildman–Crippen LogP) is 2.62. The molecule has 142 valence electrons. The number of halogens is 1. The number of hydrogen-bond acceptors (Lipinski definition) is 4.